The molecule has 0 aromatic heterocycles. The van der Waals surface area contributed by atoms with E-state index in [2.05, 4.69) is 43.3 Å². The summed E-state index contributed by atoms with van der Waals surface area (Å²) in [6, 6.07) is 16.4. The van der Waals surface area contributed by atoms with Crippen LogP contribution in [0.5, 0.6) is 5.75 Å². The normalized spacial score (nSPS) is 11.1. The molecule has 4 N–H and O–H groups in total. The van der Waals surface area contributed by atoms with Crippen molar-refractivity contribution in [3.63, 3.8) is 0 Å². The van der Waals surface area contributed by atoms with Crippen LogP contribution in [0.15, 0.2) is 48.5 Å². The van der Waals surface area contributed by atoms with E-state index in [1.165, 1.54) is 0 Å². The summed E-state index contributed by atoms with van der Waals surface area (Å²) in [5.41, 5.74) is 8.43. The minimum Gasteiger partial charge on any atom is -0.494 e. The zero-order valence-corrected chi connectivity index (χ0v) is 16.2. The monoisotopic (exact) mass is 379 g/mol. The van der Waals surface area contributed by atoms with Gasteiger partial charge in [-0.25, -0.2) is 0 Å². The number of aliphatic hydroxyl groups excluding tert-OH is 2. The van der Waals surface area contributed by atoms with Crippen LogP contribution in [0.1, 0.15) is 31.7 Å². The number of rotatable bonds is 10. The van der Waals surface area contributed by atoms with Crippen LogP contribution in [0, 0.1) is 0 Å². The van der Waals surface area contributed by atoms with Crippen molar-refractivity contribution >= 4 is 12.4 Å². The fourth-order valence-electron chi connectivity index (χ4n) is 2.54. The molecule has 0 spiro atoms. The molecule has 144 valence electrons. The maximum absolute atomic E-state index is 9.25. The first-order valence-corrected chi connectivity index (χ1v) is 8.93. The van der Waals surface area contributed by atoms with E-state index in [0.29, 0.717) is 6.42 Å². The number of aryl methyl sites for hydroxylation is 1. The first-order valence-electron chi connectivity index (χ1n) is 8.93. The van der Waals surface area contributed by atoms with Gasteiger partial charge < -0.3 is 20.7 Å². The van der Waals surface area contributed by atoms with Crippen LogP contribution in [-0.2, 0) is 6.42 Å². The maximum Gasteiger partial charge on any atom is 0.119 e. The molecule has 0 aliphatic carbocycles. The van der Waals surface area contributed by atoms with Crippen LogP contribution in [0.4, 0.5) is 0 Å². The van der Waals surface area contributed by atoms with Gasteiger partial charge in [-0.1, -0.05) is 49.7 Å². The van der Waals surface area contributed by atoms with Gasteiger partial charge in [0.15, 0.2) is 0 Å². The molecule has 0 fully saturated rings. The Labute approximate surface area is 162 Å². The number of unbranched alkanes of at least 4 members (excludes halogenated alkanes) is 1. The average molecular weight is 380 g/mol. The topological polar surface area (TPSA) is 75.7 Å². The van der Waals surface area contributed by atoms with Crippen LogP contribution in [0.2, 0.25) is 0 Å². The summed E-state index contributed by atoms with van der Waals surface area (Å²) >= 11 is 0. The van der Waals surface area contributed by atoms with Gasteiger partial charge in [-0.15, -0.1) is 12.4 Å². The first-order chi connectivity index (χ1) is 12.1. The van der Waals surface area contributed by atoms with Gasteiger partial charge in [0.25, 0.3) is 0 Å². The summed E-state index contributed by atoms with van der Waals surface area (Å²) < 4.78 is 5.69. The molecule has 0 unspecified atom stereocenters. The zero-order chi connectivity index (χ0) is 18.1. The van der Waals surface area contributed by atoms with Gasteiger partial charge in [0.05, 0.1) is 25.4 Å². The summed E-state index contributed by atoms with van der Waals surface area (Å²) in [4.78, 5) is 0. The Hall–Kier alpha value is -1.59. The molecule has 0 bridgehead atoms. The maximum atomic E-state index is 9.25. The lowest BCUT2D eigenvalue weighted by atomic mass is 9.93. The van der Waals surface area contributed by atoms with Gasteiger partial charge in [0, 0.05) is 0 Å². The fraction of sp³-hybridized carbons (Fsp3) is 0.429. The predicted molar refractivity (Wildman–Crippen MR) is 109 cm³/mol. The summed E-state index contributed by atoms with van der Waals surface area (Å²) in [6.45, 7) is 2.48. The van der Waals surface area contributed by atoms with E-state index < -0.39 is 5.54 Å². The minimum atomic E-state index is -0.910. The Kier molecular flexibility index (Phi) is 9.66. The average Bonchev–Trinajstić information content (AvgIpc) is 2.67. The molecule has 0 radical (unpaired) electrons. The largest absolute Gasteiger partial charge is 0.494 e. The molecule has 0 atom stereocenters. The third kappa shape index (κ3) is 6.61. The molecule has 0 aliphatic heterocycles. The lowest BCUT2D eigenvalue weighted by molar-refractivity contribution is 0.115. The van der Waals surface area contributed by atoms with Gasteiger partial charge in [0.2, 0.25) is 0 Å². The highest BCUT2D eigenvalue weighted by molar-refractivity contribution is 5.85. The van der Waals surface area contributed by atoms with E-state index in [9.17, 15) is 10.2 Å². The highest BCUT2D eigenvalue weighted by atomic mass is 35.5. The summed E-state index contributed by atoms with van der Waals surface area (Å²) in [5, 5.41) is 18.5. The van der Waals surface area contributed by atoms with Crippen LogP contribution in [0.25, 0.3) is 11.1 Å². The van der Waals surface area contributed by atoms with Crippen molar-refractivity contribution in [3.8, 4) is 16.9 Å². The van der Waals surface area contributed by atoms with Crippen molar-refractivity contribution in [2.45, 2.75) is 38.1 Å². The lowest BCUT2D eigenvalue weighted by Crippen LogP contribution is -2.47. The van der Waals surface area contributed by atoms with Crippen LogP contribution < -0.4 is 10.5 Å². The zero-order valence-electron chi connectivity index (χ0n) is 15.4. The van der Waals surface area contributed by atoms with E-state index in [4.69, 9.17) is 10.5 Å². The van der Waals surface area contributed by atoms with Gasteiger partial charge in [-0.3, -0.25) is 0 Å². The van der Waals surface area contributed by atoms with Crippen LogP contribution in [0.3, 0.4) is 0 Å². The molecule has 0 saturated carbocycles. The Morgan fingerprint density at radius 2 is 1.46 bits per heavy atom. The second kappa shape index (κ2) is 11.2. The molecule has 4 nitrogen and oxygen atoms in total. The van der Waals surface area contributed by atoms with Gasteiger partial charge in [-0.2, -0.15) is 0 Å². The van der Waals surface area contributed by atoms with E-state index in [-0.39, 0.29) is 25.6 Å². The number of aliphatic hydroxyl groups is 2. The molecular formula is C21H30ClNO3. The molecule has 0 aliphatic rings. The molecule has 2 aromatic rings. The molecule has 2 rings (SSSR count). The summed E-state index contributed by atoms with van der Waals surface area (Å²) in [7, 11) is 0. The first kappa shape index (κ1) is 22.5. The van der Waals surface area contributed by atoms with E-state index in [1.54, 1.807) is 0 Å². The van der Waals surface area contributed by atoms with Crippen molar-refractivity contribution in [1.29, 1.82) is 0 Å². The third-order valence-corrected chi connectivity index (χ3v) is 4.45. The van der Waals surface area contributed by atoms with Crippen LogP contribution >= 0.6 is 12.4 Å². The highest BCUT2D eigenvalue weighted by Gasteiger charge is 2.22. The van der Waals surface area contributed by atoms with Gasteiger partial charge in [0.1, 0.15) is 5.75 Å². The molecule has 5 heteroatoms. The van der Waals surface area contributed by atoms with E-state index in [0.717, 1.165) is 48.3 Å². The standard InChI is InChI=1S/C21H29NO3.ClH/c1-2-3-14-25-20-10-8-19(9-11-20)18-6-4-17(5-7-18)12-13-21(22,15-23)16-24;/h4-11,23-24H,2-3,12-16,22H2,1H3;1H. The Bertz CT molecular complexity index is 625. The van der Waals surface area contributed by atoms with Gasteiger partial charge in [-0.05, 0) is 48.1 Å². The summed E-state index contributed by atoms with van der Waals surface area (Å²) in [6.07, 6.45) is 3.47. The number of ether oxygens (including phenoxy) is 1. The minimum absolute atomic E-state index is 0. The Morgan fingerprint density at radius 1 is 0.923 bits per heavy atom. The Balaban J connectivity index is 0.00000338. The Morgan fingerprint density at radius 3 is 1.96 bits per heavy atom. The van der Waals surface area contributed by atoms with Crippen molar-refractivity contribution < 1.29 is 14.9 Å². The van der Waals surface area contributed by atoms with Crippen molar-refractivity contribution in [3.05, 3.63) is 54.1 Å². The molecule has 2 aromatic carbocycles. The van der Waals surface area contributed by atoms with E-state index >= 15 is 0 Å². The van der Waals surface area contributed by atoms with Crippen LogP contribution in [-0.4, -0.2) is 35.6 Å². The second-order valence-corrected chi connectivity index (χ2v) is 6.60. The predicted octanol–water partition coefficient (Wildman–Crippen LogP) is 3.57. The number of hydrogen-bond donors (Lipinski definition) is 3. The van der Waals surface area contributed by atoms with Gasteiger partial charge >= 0.3 is 0 Å². The quantitative estimate of drug-likeness (QED) is 0.551. The lowest BCUT2D eigenvalue weighted by Gasteiger charge is -2.24. The molecule has 0 amide bonds. The number of hydrogen-bond acceptors (Lipinski definition) is 4. The third-order valence-electron chi connectivity index (χ3n) is 4.45. The molecule has 0 heterocycles. The van der Waals surface area contributed by atoms with Crippen molar-refractivity contribution in [1.82, 2.24) is 0 Å². The SMILES string of the molecule is CCCCOc1ccc(-c2ccc(CCC(N)(CO)CO)cc2)cc1.Cl. The second-order valence-electron chi connectivity index (χ2n) is 6.60. The smallest absolute Gasteiger partial charge is 0.119 e. The fourth-order valence-corrected chi connectivity index (χ4v) is 2.54. The molecule has 0 saturated heterocycles. The number of nitrogens with two attached hydrogens (primary N) is 1. The number of benzene rings is 2. The van der Waals surface area contributed by atoms with Crippen molar-refractivity contribution in [2.24, 2.45) is 5.73 Å². The molecular weight excluding hydrogens is 350 g/mol. The van der Waals surface area contributed by atoms with E-state index in [1.807, 2.05) is 12.1 Å². The van der Waals surface area contributed by atoms with Crippen molar-refractivity contribution in [2.75, 3.05) is 19.8 Å². The summed E-state index contributed by atoms with van der Waals surface area (Å²) in [5.74, 6) is 0.904. The molecule has 26 heavy (non-hydrogen) atoms. The highest BCUT2D eigenvalue weighted by Crippen LogP contribution is 2.23. The number of halogens is 1.